The Kier molecular flexibility index (Phi) is 20.9. The van der Waals surface area contributed by atoms with Gasteiger partial charge in [0.15, 0.2) is 0 Å². The molecule has 0 aliphatic carbocycles. The van der Waals surface area contributed by atoms with Crippen molar-refractivity contribution in [1.82, 2.24) is 10.6 Å². The Morgan fingerprint density at radius 3 is 1.90 bits per heavy atom. The first-order valence-electron chi connectivity index (χ1n) is 20.6. The average Bonchev–Trinajstić information content (AvgIpc) is 3.24. The number of hydrogen-bond donors (Lipinski definition) is 7. The Labute approximate surface area is 346 Å². The van der Waals surface area contributed by atoms with Crippen molar-refractivity contribution in [3.05, 3.63) is 95.3 Å². The van der Waals surface area contributed by atoms with Crippen LogP contribution in [-0.2, 0) is 20.9 Å². The van der Waals surface area contributed by atoms with Crippen molar-refractivity contribution in [2.75, 3.05) is 25.2 Å². The van der Waals surface area contributed by atoms with Gasteiger partial charge in [0.25, 0.3) is 0 Å². The molecule has 13 nitrogen and oxygen atoms in total. The number of halogens is 1. The molecule has 0 bridgehead atoms. The van der Waals surface area contributed by atoms with Gasteiger partial charge in [0.1, 0.15) is 11.6 Å². The molecule has 1 aliphatic rings. The summed E-state index contributed by atoms with van der Waals surface area (Å²) in [5.74, 6) is -0.976. The topological polar surface area (TPSA) is 220 Å². The lowest BCUT2D eigenvalue weighted by Crippen LogP contribution is -2.55. The van der Waals surface area contributed by atoms with Crippen LogP contribution in [-0.4, -0.2) is 87.3 Å². The Hall–Kier alpha value is -4.44. The van der Waals surface area contributed by atoms with E-state index in [1.54, 1.807) is 24.1 Å². The molecule has 1 fully saturated rings. The van der Waals surface area contributed by atoms with Gasteiger partial charge in [-0.05, 0) is 78.8 Å². The van der Waals surface area contributed by atoms with E-state index in [4.69, 9.17) is 9.84 Å². The average molecular weight is 826 g/mol. The molecule has 14 heteroatoms. The molecule has 0 saturated carbocycles. The van der Waals surface area contributed by atoms with E-state index >= 15 is 0 Å². The Balaban J connectivity index is 0.00000930. The van der Waals surface area contributed by atoms with Crippen molar-refractivity contribution < 1.29 is 54.5 Å². The third-order valence-corrected chi connectivity index (χ3v) is 11.2. The van der Waals surface area contributed by atoms with Crippen LogP contribution in [0.5, 0.6) is 5.75 Å². The number of rotatable bonds is 26. The van der Waals surface area contributed by atoms with Crippen molar-refractivity contribution >= 4 is 23.4 Å². The van der Waals surface area contributed by atoms with Gasteiger partial charge in [-0.25, -0.2) is 4.39 Å². The summed E-state index contributed by atoms with van der Waals surface area (Å²) in [5, 5.41) is 55.1. The summed E-state index contributed by atoms with van der Waals surface area (Å²) >= 11 is 0. The highest BCUT2D eigenvalue weighted by Crippen LogP contribution is 2.46. The minimum atomic E-state index is -1.26. The van der Waals surface area contributed by atoms with Gasteiger partial charge in [0.2, 0.25) is 17.7 Å². The van der Waals surface area contributed by atoms with Gasteiger partial charge in [0, 0.05) is 37.5 Å². The van der Waals surface area contributed by atoms with Crippen LogP contribution in [0.2, 0.25) is 0 Å². The first kappa shape index (κ1) is 48.9. The fourth-order valence-electron chi connectivity index (χ4n) is 7.36. The number of nitrogens with zero attached hydrogens (tertiary/aromatic N) is 1. The van der Waals surface area contributed by atoms with E-state index in [-0.39, 0.29) is 47.5 Å². The quantitative estimate of drug-likeness (QED) is 0.0445. The minimum Gasteiger partial charge on any atom is -0.497 e. The molecular weight excluding hydrogens is 762 g/mol. The molecule has 3 aromatic carbocycles. The van der Waals surface area contributed by atoms with E-state index < -0.39 is 36.9 Å². The van der Waals surface area contributed by atoms with Crippen LogP contribution < -0.4 is 20.3 Å². The van der Waals surface area contributed by atoms with Gasteiger partial charge in [-0.15, -0.1) is 0 Å². The van der Waals surface area contributed by atoms with Crippen molar-refractivity contribution in [3.63, 3.8) is 0 Å². The number of aliphatic hydroxyl groups is 5. The second-order valence-corrected chi connectivity index (χ2v) is 15.4. The molecular formula is C45H64FN3O10. The summed E-state index contributed by atoms with van der Waals surface area (Å²) in [7, 11) is 1.60. The number of anilines is 1. The molecule has 0 aromatic heterocycles. The van der Waals surface area contributed by atoms with Crippen molar-refractivity contribution in [3.8, 4) is 5.75 Å². The molecule has 59 heavy (non-hydrogen) atoms. The third kappa shape index (κ3) is 15.0. The summed E-state index contributed by atoms with van der Waals surface area (Å²) < 4.78 is 18.7. The Bertz CT molecular complexity index is 1700. The van der Waals surface area contributed by atoms with E-state index in [2.05, 4.69) is 10.6 Å². The fraction of sp³-hybridized carbons (Fsp3) is 0.533. The molecule has 3 amide bonds. The Morgan fingerprint density at radius 2 is 1.34 bits per heavy atom. The fourth-order valence-corrected chi connectivity index (χ4v) is 7.36. The van der Waals surface area contributed by atoms with Gasteiger partial charge in [0.05, 0.1) is 50.1 Å². The molecule has 1 aliphatic heterocycles. The monoisotopic (exact) mass is 825 g/mol. The van der Waals surface area contributed by atoms with Gasteiger partial charge in [-0.1, -0.05) is 81.8 Å². The van der Waals surface area contributed by atoms with Crippen LogP contribution >= 0.6 is 0 Å². The lowest BCUT2D eigenvalue weighted by atomic mass is 9.78. The number of nitrogens with one attached hydrogen (secondary N) is 2. The smallest absolute Gasteiger partial charge is 0.233 e. The maximum atomic E-state index is 13.6. The zero-order chi connectivity index (χ0) is 42.0. The molecule has 1 heterocycles. The van der Waals surface area contributed by atoms with Crippen molar-refractivity contribution in [2.45, 2.75) is 121 Å². The lowest BCUT2D eigenvalue weighted by molar-refractivity contribution is -0.131. The molecule has 1 saturated heterocycles. The third-order valence-electron chi connectivity index (χ3n) is 11.2. The highest BCUT2D eigenvalue weighted by atomic mass is 19.1. The maximum absolute atomic E-state index is 13.6. The second-order valence-electron chi connectivity index (χ2n) is 15.4. The zero-order valence-corrected chi connectivity index (χ0v) is 34.3. The van der Waals surface area contributed by atoms with E-state index in [9.17, 15) is 39.2 Å². The molecule has 9 N–H and O–H groups in total. The predicted molar refractivity (Wildman–Crippen MR) is 223 cm³/mol. The number of aliphatic hydroxyl groups excluding tert-OH is 5. The first-order valence-corrected chi connectivity index (χ1v) is 20.6. The van der Waals surface area contributed by atoms with E-state index in [1.165, 1.54) is 19.1 Å². The number of ether oxygens (including phenoxy) is 1. The number of β-lactam (4-membered cyclic amide) rings is 1. The second kappa shape index (κ2) is 25.2. The van der Waals surface area contributed by atoms with Crippen LogP contribution in [0.25, 0.3) is 0 Å². The highest BCUT2D eigenvalue weighted by molar-refractivity contribution is 6.03. The Morgan fingerprint density at radius 1 is 0.780 bits per heavy atom. The molecule has 0 spiro atoms. The van der Waals surface area contributed by atoms with Crippen LogP contribution in [0.1, 0.15) is 113 Å². The minimum absolute atomic E-state index is 0. The highest BCUT2D eigenvalue weighted by Gasteiger charge is 2.48. The first-order chi connectivity index (χ1) is 27.9. The van der Waals surface area contributed by atoms with E-state index in [1.807, 2.05) is 48.5 Å². The van der Waals surface area contributed by atoms with Gasteiger partial charge >= 0.3 is 0 Å². The normalized spacial score (nSPS) is 17.5. The lowest BCUT2D eigenvalue weighted by Gasteiger charge is -2.48. The number of benzene rings is 3. The number of hydrogen-bond acceptors (Lipinski definition) is 9. The van der Waals surface area contributed by atoms with Crippen LogP contribution in [0.3, 0.4) is 0 Å². The molecule has 0 unspecified atom stereocenters. The van der Waals surface area contributed by atoms with Crippen molar-refractivity contribution in [2.24, 2.45) is 11.8 Å². The van der Waals surface area contributed by atoms with Crippen LogP contribution in [0.15, 0.2) is 72.8 Å². The summed E-state index contributed by atoms with van der Waals surface area (Å²) in [5.41, 5.74) is 3.24. The predicted octanol–water partition coefficient (Wildman–Crippen LogP) is 4.57. The largest absolute Gasteiger partial charge is 0.497 e. The van der Waals surface area contributed by atoms with Crippen LogP contribution in [0, 0.1) is 17.7 Å². The number of amides is 3. The standard InChI is InChI=1S/C45H62FN3O9.H2O/c1-30(40(53)29-50)44(56)39(52)28-48-42(55)12-10-8-6-4-3-5-7-9-11-41(54)47-27-31-13-21-35(22-14-31)49-43(33-17-23-36(58-2)24-18-33)37(45(49)57)25-26-38(51)32-15-19-34(46)20-16-32;/h13-24,30,37-40,43-44,50-53,56H,3-12,25-29H2,1-2H3,(H,47,54)(H,48,55);1H2/t30-,37-,38+,39+,40-,43-,44+;/m1./s1. The van der Waals surface area contributed by atoms with E-state index in [0.717, 1.165) is 68.2 Å². The van der Waals surface area contributed by atoms with Gasteiger partial charge in [-0.2, -0.15) is 0 Å². The molecule has 0 radical (unpaired) electrons. The zero-order valence-electron chi connectivity index (χ0n) is 34.3. The van der Waals surface area contributed by atoms with Gasteiger partial charge in [-0.3, -0.25) is 14.4 Å². The summed E-state index contributed by atoms with van der Waals surface area (Å²) in [6.07, 6.45) is 4.65. The summed E-state index contributed by atoms with van der Waals surface area (Å²) in [6, 6.07) is 20.8. The van der Waals surface area contributed by atoms with Gasteiger partial charge < -0.3 is 51.3 Å². The maximum Gasteiger partial charge on any atom is 0.233 e. The van der Waals surface area contributed by atoms with E-state index in [0.29, 0.717) is 43.5 Å². The number of carbonyl (C=O) groups is 3. The molecule has 4 rings (SSSR count). The SMILES string of the molecule is COc1ccc([C@@H]2[C@@H](CC[C@H](O)c3ccc(F)cc3)C(=O)N2c2ccc(CNC(=O)CCCCCCCCCCC(=O)NC[C@H](O)[C@@H](O)[C@H](C)[C@H](O)CO)cc2)cc1.O. The number of carbonyl (C=O) groups excluding carboxylic acids is 3. The number of unbranched alkanes of at least 4 members (excludes halogenated alkanes) is 7. The van der Waals surface area contributed by atoms with Crippen molar-refractivity contribution in [1.29, 1.82) is 0 Å². The van der Waals surface area contributed by atoms with Crippen LogP contribution in [0.4, 0.5) is 10.1 Å². The molecule has 326 valence electrons. The molecule has 3 aromatic rings. The number of methoxy groups -OCH3 is 1. The summed E-state index contributed by atoms with van der Waals surface area (Å²) in [6.45, 7) is 1.26. The summed E-state index contributed by atoms with van der Waals surface area (Å²) in [4.78, 5) is 40.0. The molecule has 7 atom stereocenters.